The molecular formula is C15H25N3O16P2-2. The lowest BCUT2D eigenvalue weighted by Crippen LogP contribution is -2.47. The number of phosphoric ester groups is 2. The number of nitrogens with zero attached hydrogens (tertiary/aromatic N) is 2. The minimum atomic E-state index is -5.76. The highest BCUT2D eigenvalue weighted by atomic mass is 31.3. The summed E-state index contributed by atoms with van der Waals surface area (Å²) in [4.78, 5) is 39.0. The molecule has 0 bridgehead atoms. The lowest BCUT2D eigenvalue weighted by Gasteiger charge is -2.32. The Morgan fingerprint density at radius 2 is 1.67 bits per heavy atom. The van der Waals surface area contributed by atoms with E-state index < -0.39 is 90.1 Å². The Bertz CT molecular complexity index is 1030. The van der Waals surface area contributed by atoms with Crippen LogP contribution in [0.1, 0.15) is 6.23 Å². The Kier molecular flexibility index (Phi) is 10.7. The number of aliphatic hydroxyl groups is 7. The molecule has 1 aromatic rings. The van der Waals surface area contributed by atoms with Gasteiger partial charge < -0.3 is 65.1 Å². The maximum atomic E-state index is 11.9. The second kappa shape index (κ2) is 12.4. The second-order valence-corrected chi connectivity index (χ2v) is 10.4. The van der Waals surface area contributed by atoms with Crippen LogP contribution in [0.4, 0.5) is 5.82 Å². The smallest absolute Gasteiger partial charge is 0.351 e. The van der Waals surface area contributed by atoms with Crippen molar-refractivity contribution in [1.82, 2.24) is 9.55 Å². The minimum Gasteiger partial charge on any atom is -0.756 e. The standard InChI is InChI=1S/C15H27N3O16P2/c16-9-1-2-18(15(26)17-9)14-13(25)12(24)8(33-14)5-32-36(29,30)34-35(27,28)31-4-7(21)11(23)10(22)6(20)3-19/h1-2,6-8,10-14,19-25H,3-5H2,(H,27,28)(H,29,30)(H2,16,17,26)/p-2/t6-,7-,8-,10-,11-,12-,13-,14-/m1/s1. The lowest BCUT2D eigenvalue weighted by atomic mass is 10.0. The first-order valence-electron chi connectivity index (χ1n) is 9.90. The van der Waals surface area contributed by atoms with Crippen LogP contribution in [-0.2, 0) is 27.2 Å². The molecule has 1 aromatic heterocycles. The Morgan fingerprint density at radius 3 is 2.25 bits per heavy atom. The maximum absolute atomic E-state index is 11.9. The zero-order valence-electron chi connectivity index (χ0n) is 18.1. The number of nitrogens with two attached hydrogens (primary N) is 1. The predicted octanol–water partition coefficient (Wildman–Crippen LogP) is -6.13. The molecule has 1 aliphatic rings. The van der Waals surface area contributed by atoms with Gasteiger partial charge in [-0.2, -0.15) is 4.98 Å². The zero-order valence-corrected chi connectivity index (χ0v) is 19.9. The fourth-order valence-electron chi connectivity index (χ4n) is 2.88. The molecule has 36 heavy (non-hydrogen) atoms. The molecule has 19 nitrogen and oxygen atoms in total. The van der Waals surface area contributed by atoms with Crippen molar-refractivity contribution in [2.45, 2.75) is 49.0 Å². The van der Waals surface area contributed by atoms with Gasteiger partial charge in [0.25, 0.3) is 15.6 Å². The van der Waals surface area contributed by atoms with E-state index in [1.165, 1.54) is 6.07 Å². The molecular weight excluding hydrogens is 540 g/mol. The predicted molar refractivity (Wildman–Crippen MR) is 108 cm³/mol. The van der Waals surface area contributed by atoms with E-state index in [1.807, 2.05) is 0 Å². The molecule has 1 fully saturated rings. The number of ether oxygens (including phenoxy) is 1. The Hall–Kier alpha value is -1.38. The molecule has 10 atom stereocenters. The quantitative estimate of drug-likeness (QED) is 0.103. The molecule has 0 radical (unpaired) electrons. The molecule has 2 unspecified atom stereocenters. The van der Waals surface area contributed by atoms with E-state index in [-0.39, 0.29) is 5.82 Å². The summed E-state index contributed by atoms with van der Waals surface area (Å²) in [5, 5.41) is 66.7. The van der Waals surface area contributed by atoms with Gasteiger partial charge in [0, 0.05) is 6.20 Å². The van der Waals surface area contributed by atoms with E-state index in [4.69, 9.17) is 15.6 Å². The summed E-state index contributed by atoms with van der Waals surface area (Å²) in [7, 11) is -11.5. The molecule has 2 rings (SSSR count). The summed E-state index contributed by atoms with van der Waals surface area (Å²) in [5.74, 6) is -0.140. The molecule has 0 saturated carbocycles. The maximum Gasteiger partial charge on any atom is 0.351 e. The van der Waals surface area contributed by atoms with Gasteiger partial charge in [-0.3, -0.25) is 13.7 Å². The lowest BCUT2D eigenvalue weighted by molar-refractivity contribution is -0.247. The van der Waals surface area contributed by atoms with Crippen molar-refractivity contribution in [3.8, 4) is 0 Å². The van der Waals surface area contributed by atoms with Crippen molar-refractivity contribution in [3.63, 3.8) is 0 Å². The Morgan fingerprint density at radius 1 is 1.08 bits per heavy atom. The van der Waals surface area contributed by atoms with Gasteiger partial charge in [-0.05, 0) is 6.07 Å². The molecule has 9 N–H and O–H groups in total. The number of hydrogen-bond donors (Lipinski definition) is 8. The molecule has 208 valence electrons. The fourth-order valence-corrected chi connectivity index (χ4v) is 4.90. The van der Waals surface area contributed by atoms with Crippen LogP contribution in [0.25, 0.3) is 0 Å². The number of nitrogen functional groups attached to an aromatic ring is 1. The van der Waals surface area contributed by atoms with Gasteiger partial charge in [-0.1, -0.05) is 0 Å². The molecule has 1 aliphatic heterocycles. The largest absolute Gasteiger partial charge is 0.756 e. The molecule has 0 amide bonds. The van der Waals surface area contributed by atoms with Crippen LogP contribution in [0.5, 0.6) is 0 Å². The van der Waals surface area contributed by atoms with Crippen molar-refractivity contribution in [3.05, 3.63) is 22.7 Å². The molecule has 0 spiro atoms. The van der Waals surface area contributed by atoms with Gasteiger partial charge in [0.1, 0.15) is 48.5 Å². The highest BCUT2D eigenvalue weighted by Gasteiger charge is 2.45. The zero-order chi connectivity index (χ0) is 27.4. The SMILES string of the molecule is Nc1ccn([C@@H]2O[C@H](COP(=O)([O-])OP(=O)([O-])OC[C@@H](O)[C@@H](O)[C@H](O)[C@H](O)CO)[C@@H](O)[C@H]2O)c(=O)n1. The Labute approximate surface area is 201 Å². The van der Waals surface area contributed by atoms with Crippen LogP contribution in [-0.4, -0.2) is 108 Å². The number of anilines is 1. The van der Waals surface area contributed by atoms with Crippen molar-refractivity contribution < 1.29 is 72.8 Å². The average Bonchev–Trinajstić information content (AvgIpc) is 3.07. The van der Waals surface area contributed by atoms with Gasteiger partial charge in [0.2, 0.25) is 0 Å². The van der Waals surface area contributed by atoms with Crippen molar-refractivity contribution in [2.75, 3.05) is 25.6 Å². The molecule has 0 aliphatic carbocycles. The summed E-state index contributed by atoms with van der Waals surface area (Å²) in [6.07, 6.45) is -13.9. The van der Waals surface area contributed by atoms with E-state index in [0.717, 1.165) is 10.8 Å². The van der Waals surface area contributed by atoms with Crippen LogP contribution >= 0.6 is 15.6 Å². The van der Waals surface area contributed by atoms with Crippen LogP contribution in [0.2, 0.25) is 0 Å². The Balaban J connectivity index is 1.93. The topological polar surface area (TPSA) is 320 Å². The van der Waals surface area contributed by atoms with Gasteiger partial charge in [-0.15, -0.1) is 0 Å². The van der Waals surface area contributed by atoms with Gasteiger partial charge in [-0.25, -0.2) is 9.11 Å². The van der Waals surface area contributed by atoms with Crippen LogP contribution in [0.3, 0.4) is 0 Å². The number of phosphoric acid groups is 2. The third-order valence-electron chi connectivity index (χ3n) is 4.79. The molecule has 2 heterocycles. The van der Waals surface area contributed by atoms with E-state index in [9.17, 15) is 54.4 Å². The van der Waals surface area contributed by atoms with Crippen LogP contribution in [0.15, 0.2) is 17.1 Å². The third-order valence-corrected chi connectivity index (χ3v) is 7.32. The summed E-state index contributed by atoms with van der Waals surface area (Å²) >= 11 is 0. The second-order valence-electron chi connectivity index (χ2n) is 7.45. The first-order valence-corrected chi connectivity index (χ1v) is 12.8. The van der Waals surface area contributed by atoms with Crippen LogP contribution < -0.4 is 21.2 Å². The molecule has 1 saturated heterocycles. The number of hydrogen-bond acceptors (Lipinski definition) is 18. The highest BCUT2D eigenvalue weighted by molar-refractivity contribution is 7.59. The van der Waals surface area contributed by atoms with E-state index in [2.05, 4.69) is 18.3 Å². The minimum absolute atomic E-state index is 0.140. The number of aliphatic hydroxyl groups excluding tert-OH is 7. The molecule has 21 heteroatoms. The van der Waals surface area contributed by atoms with Crippen molar-refractivity contribution >= 4 is 21.5 Å². The van der Waals surface area contributed by atoms with E-state index in [0.29, 0.717) is 0 Å². The van der Waals surface area contributed by atoms with Gasteiger partial charge in [0.05, 0.1) is 19.8 Å². The third kappa shape index (κ3) is 8.06. The normalized spacial score (nSPS) is 29.1. The number of aromatic nitrogens is 2. The monoisotopic (exact) mass is 565 g/mol. The summed E-state index contributed by atoms with van der Waals surface area (Å²) in [5.41, 5.74) is 4.40. The first-order chi connectivity index (χ1) is 16.6. The average molecular weight is 565 g/mol. The van der Waals surface area contributed by atoms with E-state index >= 15 is 0 Å². The van der Waals surface area contributed by atoms with Crippen molar-refractivity contribution in [1.29, 1.82) is 0 Å². The summed E-state index contributed by atoms with van der Waals surface area (Å²) in [6.45, 7) is -3.42. The van der Waals surface area contributed by atoms with Gasteiger partial charge in [0.15, 0.2) is 6.23 Å². The fraction of sp³-hybridized carbons (Fsp3) is 0.733. The summed E-state index contributed by atoms with van der Waals surface area (Å²) < 4.78 is 41.8. The van der Waals surface area contributed by atoms with Gasteiger partial charge >= 0.3 is 5.69 Å². The first kappa shape index (κ1) is 30.8. The van der Waals surface area contributed by atoms with E-state index in [1.54, 1.807) is 0 Å². The van der Waals surface area contributed by atoms with Crippen molar-refractivity contribution in [2.24, 2.45) is 0 Å². The summed E-state index contributed by atoms with van der Waals surface area (Å²) in [6, 6.07) is 1.19. The van der Waals surface area contributed by atoms with Crippen LogP contribution in [0, 0.1) is 0 Å². The highest BCUT2D eigenvalue weighted by Crippen LogP contribution is 2.55. The molecule has 0 aromatic carbocycles. The number of rotatable bonds is 13.